The first-order valence-electron chi connectivity index (χ1n) is 7.84. The highest BCUT2D eigenvalue weighted by molar-refractivity contribution is 7.99. The zero-order chi connectivity index (χ0) is 15.9. The quantitative estimate of drug-likeness (QED) is 0.579. The molecule has 0 saturated heterocycles. The van der Waals surface area contributed by atoms with Crippen molar-refractivity contribution in [1.29, 1.82) is 0 Å². The zero-order valence-corrected chi connectivity index (χ0v) is 15.7. The fraction of sp³-hybridized carbons (Fsp3) is 0.933. The highest BCUT2D eigenvalue weighted by Gasteiger charge is 2.25. The van der Waals surface area contributed by atoms with Crippen LogP contribution in [-0.2, 0) is 10.8 Å². The maximum atomic E-state index is 12.0. The van der Waals surface area contributed by atoms with Crippen molar-refractivity contribution in [2.75, 3.05) is 25.1 Å². The Hall–Kier alpha value is -0.230. The molecule has 0 radical (unpaired) electrons. The van der Waals surface area contributed by atoms with Crippen molar-refractivity contribution in [3.63, 3.8) is 0 Å². The number of guanidine groups is 1. The van der Waals surface area contributed by atoms with Gasteiger partial charge in [0, 0.05) is 46.2 Å². The molecule has 1 aliphatic carbocycles. The second-order valence-corrected chi connectivity index (χ2v) is 10.3. The number of aliphatic imine (C=N–C) groups is 1. The molecule has 0 aromatic carbocycles. The van der Waals surface area contributed by atoms with Gasteiger partial charge in [-0.25, -0.2) is 0 Å². The molecule has 3 atom stereocenters. The normalized spacial score (nSPS) is 24.9. The number of hydrogen-bond acceptors (Lipinski definition) is 3. The molecule has 0 heterocycles. The fourth-order valence-electron chi connectivity index (χ4n) is 2.41. The third-order valence-corrected chi connectivity index (χ3v) is 6.79. The van der Waals surface area contributed by atoms with Gasteiger partial charge in [-0.1, -0.05) is 6.92 Å². The number of thioether (sulfide) groups is 1. The summed E-state index contributed by atoms with van der Waals surface area (Å²) in [5.41, 5.74) is 0. The second kappa shape index (κ2) is 9.03. The van der Waals surface area contributed by atoms with Crippen LogP contribution in [0, 0.1) is 0 Å². The highest BCUT2D eigenvalue weighted by atomic mass is 32.2. The Morgan fingerprint density at radius 2 is 2.10 bits per heavy atom. The van der Waals surface area contributed by atoms with Crippen LogP contribution in [0.15, 0.2) is 4.99 Å². The summed E-state index contributed by atoms with van der Waals surface area (Å²) in [5, 5.41) is 7.57. The minimum Gasteiger partial charge on any atom is -0.355 e. The zero-order valence-electron chi connectivity index (χ0n) is 14.1. The lowest BCUT2D eigenvalue weighted by molar-refractivity contribution is 0.615. The van der Waals surface area contributed by atoms with Crippen LogP contribution in [0.2, 0.25) is 0 Å². The monoisotopic (exact) mass is 333 g/mol. The van der Waals surface area contributed by atoms with Gasteiger partial charge in [-0.2, -0.15) is 11.8 Å². The molecular formula is C15H31N3OS2. The van der Waals surface area contributed by atoms with Gasteiger partial charge in [-0.05, 0) is 45.8 Å². The Bertz CT molecular complexity index is 366. The summed E-state index contributed by atoms with van der Waals surface area (Å²) in [7, 11) is 0.978. The van der Waals surface area contributed by atoms with E-state index >= 15 is 0 Å². The van der Waals surface area contributed by atoms with Crippen LogP contribution < -0.4 is 10.6 Å². The molecule has 1 saturated carbocycles. The molecule has 6 heteroatoms. The first kappa shape index (κ1) is 18.8. The minimum atomic E-state index is -0.817. The second-order valence-electron chi connectivity index (χ2n) is 6.39. The van der Waals surface area contributed by atoms with Crippen LogP contribution in [0.3, 0.4) is 0 Å². The van der Waals surface area contributed by atoms with Crippen LogP contribution in [0.25, 0.3) is 0 Å². The number of nitrogens with one attached hydrogen (secondary N) is 2. The van der Waals surface area contributed by atoms with E-state index in [1.165, 1.54) is 25.0 Å². The minimum absolute atomic E-state index is 0.144. The Morgan fingerprint density at radius 1 is 1.38 bits per heavy atom. The van der Waals surface area contributed by atoms with E-state index in [2.05, 4.69) is 34.3 Å². The predicted octanol–water partition coefficient (Wildman–Crippen LogP) is 2.37. The number of nitrogens with zero attached hydrogens (tertiary/aromatic N) is 1. The van der Waals surface area contributed by atoms with Crippen LogP contribution >= 0.6 is 11.8 Å². The van der Waals surface area contributed by atoms with E-state index in [1.807, 2.05) is 20.8 Å². The Morgan fingerprint density at radius 3 is 2.67 bits per heavy atom. The molecule has 2 N–H and O–H groups in total. The summed E-state index contributed by atoms with van der Waals surface area (Å²) >= 11 is 2.06. The Balaban J connectivity index is 2.29. The van der Waals surface area contributed by atoms with E-state index in [-0.39, 0.29) is 4.75 Å². The van der Waals surface area contributed by atoms with Crippen LogP contribution in [-0.4, -0.2) is 51.3 Å². The molecule has 1 aliphatic rings. The molecule has 4 nitrogen and oxygen atoms in total. The van der Waals surface area contributed by atoms with E-state index < -0.39 is 10.8 Å². The standard InChI is InChI=1S/C15H31N3OS2/c1-6-20-13-8-7-12(11-13)18-14(16-5)17-9-10-21(19)15(2,3)4/h12-13H,6-11H2,1-5H3,(H2,16,17,18). The lowest BCUT2D eigenvalue weighted by Gasteiger charge is -2.20. The van der Waals surface area contributed by atoms with Gasteiger partial charge in [0.15, 0.2) is 5.96 Å². The van der Waals surface area contributed by atoms with Gasteiger partial charge in [-0.3, -0.25) is 9.20 Å². The van der Waals surface area contributed by atoms with E-state index in [0.29, 0.717) is 18.3 Å². The highest BCUT2D eigenvalue weighted by Crippen LogP contribution is 2.29. The molecule has 21 heavy (non-hydrogen) atoms. The van der Waals surface area contributed by atoms with E-state index in [4.69, 9.17) is 0 Å². The predicted molar refractivity (Wildman–Crippen MR) is 96.8 cm³/mol. The van der Waals surface area contributed by atoms with Gasteiger partial charge < -0.3 is 10.6 Å². The van der Waals surface area contributed by atoms with E-state index in [1.54, 1.807) is 7.05 Å². The summed E-state index contributed by atoms with van der Waals surface area (Å²) in [6.45, 7) is 8.96. The van der Waals surface area contributed by atoms with Crippen molar-refractivity contribution in [1.82, 2.24) is 10.6 Å². The van der Waals surface area contributed by atoms with Crippen molar-refractivity contribution in [3.05, 3.63) is 0 Å². The molecule has 0 aromatic rings. The molecule has 3 unspecified atom stereocenters. The van der Waals surface area contributed by atoms with Crippen molar-refractivity contribution >= 4 is 28.5 Å². The average molecular weight is 334 g/mol. The maximum absolute atomic E-state index is 12.0. The Labute approximate surface area is 136 Å². The summed E-state index contributed by atoms with van der Waals surface area (Å²) in [4.78, 5) is 4.27. The smallest absolute Gasteiger partial charge is 0.191 e. The molecule has 1 rings (SSSR count). The molecule has 124 valence electrons. The molecule has 0 aliphatic heterocycles. The fourth-order valence-corrected chi connectivity index (χ4v) is 4.46. The van der Waals surface area contributed by atoms with Gasteiger partial charge in [0.2, 0.25) is 0 Å². The average Bonchev–Trinajstić information content (AvgIpc) is 2.84. The van der Waals surface area contributed by atoms with Crippen molar-refractivity contribution in [3.8, 4) is 0 Å². The van der Waals surface area contributed by atoms with Gasteiger partial charge in [0.1, 0.15) is 0 Å². The summed E-state index contributed by atoms with van der Waals surface area (Å²) in [6, 6.07) is 0.522. The Kier molecular flexibility index (Phi) is 8.09. The topological polar surface area (TPSA) is 53.5 Å². The molecule has 1 fully saturated rings. The summed E-state index contributed by atoms with van der Waals surface area (Å²) in [6.07, 6.45) is 3.72. The van der Waals surface area contributed by atoms with Crippen LogP contribution in [0.1, 0.15) is 47.0 Å². The van der Waals surface area contributed by atoms with Gasteiger partial charge >= 0.3 is 0 Å². The van der Waals surface area contributed by atoms with E-state index in [9.17, 15) is 4.21 Å². The maximum Gasteiger partial charge on any atom is 0.191 e. The van der Waals surface area contributed by atoms with Crippen LogP contribution in [0.4, 0.5) is 0 Å². The summed E-state index contributed by atoms with van der Waals surface area (Å²) in [5.74, 6) is 2.69. The number of rotatable bonds is 6. The van der Waals surface area contributed by atoms with Crippen LogP contribution in [0.5, 0.6) is 0 Å². The van der Waals surface area contributed by atoms with Gasteiger partial charge in [0.05, 0.1) is 0 Å². The van der Waals surface area contributed by atoms with Crippen molar-refractivity contribution in [2.45, 2.75) is 63.0 Å². The third-order valence-electron chi connectivity index (χ3n) is 3.61. The third kappa shape index (κ3) is 7.04. The molecule has 0 aromatic heterocycles. The first-order valence-corrected chi connectivity index (χ1v) is 10.2. The van der Waals surface area contributed by atoms with Crippen molar-refractivity contribution in [2.24, 2.45) is 4.99 Å². The van der Waals surface area contributed by atoms with Gasteiger partial charge in [0.25, 0.3) is 0 Å². The van der Waals surface area contributed by atoms with E-state index in [0.717, 1.165) is 11.2 Å². The molecule has 0 amide bonds. The molecule has 0 spiro atoms. The largest absolute Gasteiger partial charge is 0.355 e. The lowest BCUT2D eigenvalue weighted by atomic mass is 10.2. The molecular weight excluding hydrogens is 302 g/mol. The summed E-state index contributed by atoms with van der Waals surface area (Å²) < 4.78 is 11.9. The first-order chi connectivity index (χ1) is 9.86. The molecule has 0 bridgehead atoms. The van der Waals surface area contributed by atoms with Crippen molar-refractivity contribution < 1.29 is 4.21 Å². The SMILES string of the molecule is CCSC1CCC(NC(=NC)NCCS(=O)C(C)(C)C)C1. The van der Waals surface area contributed by atoms with Gasteiger partial charge in [-0.15, -0.1) is 0 Å². The lowest BCUT2D eigenvalue weighted by Crippen LogP contribution is -2.44. The number of hydrogen-bond donors (Lipinski definition) is 2.